The summed E-state index contributed by atoms with van der Waals surface area (Å²) in [5, 5.41) is 3.97. The fourth-order valence-electron chi connectivity index (χ4n) is 3.97. The first-order chi connectivity index (χ1) is 15.5. The average Bonchev–Trinajstić information content (AvgIpc) is 3.28. The number of halogens is 3. The van der Waals surface area contributed by atoms with Crippen LogP contribution in [-0.4, -0.2) is 45.7 Å². The molecule has 0 bridgehead atoms. The molecule has 7 nitrogen and oxygen atoms in total. The highest BCUT2D eigenvalue weighted by atomic mass is 19.3. The van der Waals surface area contributed by atoms with E-state index in [1.165, 1.54) is 12.1 Å². The van der Waals surface area contributed by atoms with Crippen LogP contribution in [0.5, 0.6) is 0 Å². The van der Waals surface area contributed by atoms with Gasteiger partial charge in [-0.1, -0.05) is 18.2 Å². The first-order valence-electron chi connectivity index (χ1n) is 10.3. The molecule has 10 heteroatoms. The van der Waals surface area contributed by atoms with Crippen LogP contribution in [0.4, 0.5) is 24.8 Å². The van der Waals surface area contributed by atoms with E-state index in [-0.39, 0.29) is 5.56 Å². The summed E-state index contributed by atoms with van der Waals surface area (Å²) >= 11 is 0. The molecule has 5 rings (SSSR count). The molecule has 0 aliphatic carbocycles. The normalized spacial score (nSPS) is 15.6. The Hall–Kier alpha value is -3.40. The summed E-state index contributed by atoms with van der Waals surface area (Å²) in [7, 11) is 0. The van der Waals surface area contributed by atoms with Crippen molar-refractivity contribution in [1.82, 2.24) is 19.4 Å². The van der Waals surface area contributed by atoms with Crippen LogP contribution in [0.2, 0.25) is 0 Å². The summed E-state index contributed by atoms with van der Waals surface area (Å²) < 4.78 is 48.3. The highest BCUT2D eigenvalue weighted by Gasteiger charge is 2.21. The van der Waals surface area contributed by atoms with Crippen molar-refractivity contribution in [3.8, 4) is 0 Å². The lowest BCUT2D eigenvalue weighted by molar-refractivity contribution is 0.122. The van der Waals surface area contributed by atoms with E-state index in [9.17, 15) is 13.2 Å². The molecular weight excluding hydrogens is 421 g/mol. The van der Waals surface area contributed by atoms with Crippen LogP contribution in [0.1, 0.15) is 30.5 Å². The van der Waals surface area contributed by atoms with Crippen molar-refractivity contribution >= 4 is 28.3 Å². The van der Waals surface area contributed by atoms with Crippen molar-refractivity contribution in [3.63, 3.8) is 0 Å². The van der Waals surface area contributed by atoms with Crippen molar-refractivity contribution in [2.24, 2.45) is 0 Å². The van der Waals surface area contributed by atoms with Gasteiger partial charge < -0.3 is 15.0 Å². The molecule has 1 aliphatic rings. The Labute approximate surface area is 181 Å². The lowest BCUT2D eigenvalue weighted by Crippen LogP contribution is -2.36. The fraction of sp³-hybridized carbons (Fsp3) is 0.318. The van der Waals surface area contributed by atoms with Gasteiger partial charge in [0.05, 0.1) is 36.5 Å². The Morgan fingerprint density at radius 2 is 1.91 bits per heavy atom. The third-order valence-corrected chi connectivity index (χ3v) is 5.66. The molecule has 0 amide bonds. The number of imidazole rings is 1. The smallest absolute Gasteiger partial charge is 0.266 e. The molecule has 32 heavy (non-hydrogen) atoms. The van der Waals surface area contributed by atoms with E-state index in [1.54, 1.807) is 25.5 Å². The highest BCUT2D eigenvalue weighted by Crippen LogP contribution is 2.32. The van der Waals surface area contributed by atoms with Gasteiger partial charge in [0.2, 0.25) is 5.78 Å². The molecule has 0 radical (unpaired) electrons. The molecule has 1 N–H and O–H groups in total. The Balaban J connectivity index is 1.58. The maximum atomic E-state index is 14.7. The number of rotatable bonds is 5. The first-order valence-corrected chi connectivity index (χ1v) is 10.3. The zero-order valence-corrected chi connectivity index (χ0v) is 17.3. The van der Waals surface area contributed by atoms with Crippen molar-refractivity contribution < 1.29 is 17.9 Å². The van der Waals surface area contributed by atoms with Crippen LogP contribution < -0.4 is 10.2 Å². The van der Waals surface area contributed by atoms with E-state index in [0.29, 0.717) is 24.8 Å². The van der Waals surface area contributed by atoms with E-state index < -0.39 is 23.8 Å². The second-order valence-electron chi connectivity index (χ2n) is 7.63. The Kier molecular flexibility index (Phi) is 5.30. The molecule has 1 fully saturated rings. The minimum atomic E-state index is -2.88. The summed E-state index contributed by atoms with van der Waals surface area (Å²) in [6.07, 6.45) is 2.30. The number of hydrogen-bond acceptors (Lipinski definition) is 6. The van der Waals surface area contributed by atoms with Crippen molar-refractivity contribution in [2.75, 3.05) is 36.5 Å². The van der Waals surface area contributed by atoms with Crippen LogP contribution in [0.15, 0.2) is 42.9 Å². The number of morpholine rings is 1. The van der Waals surface area contributed by atoms with Gasteiger partial charge in [-0.15, -0.1) is 0 Å². The van der Waals surface area contributed by atoms with Gasteiger partial charge in [0, 0.05) is 36.4 Å². The number of ether oxygens (including phenoxy) is 1. The van der Waals surface area contributed by atoms with Crippen LogP contribution in [0, 0.1) is 5.82 Å². The van der Waals surface area contributed by atoms with E-state index in [0.717, 1.165) is 35.9 Å². The van der Waals surface area contributed by atoms with Gasteiger partial charge in [-0.25, -0.2) is 23.1 Å². The molecule has 1 unspecified atom stereocenters. The number of alkyl halides is 2. The second-order valence-corrected chi connectivity index (χ2v) is 7.63. The minimum absolute atomic E-state index is 0.142. The zero-order valence-electron chi connectivity index (χ0n) is 17.3. The number of hydrogen-bond donors (Lipinski definition) is 1. The summed E-state index contributed by atoms with van der Waals surface area (Å²) in [4.78, 5) is 15.6. The monoisotopic (exact) mass is 442 g/mol. The Morgan fingerprint density at radius 3 is 2.69 bits per heavy atom. The van der Waals surface area contributed by atoms with E-state index >= 15 is 0 Å². The standard InChI is InChI=1S/C22H21F3N6O/c1-13(14-3-2-4-15(19(14)23)20(24)25)28-21-16-11-18(30-7-9-32-10-8-30)27-12-17(16)31-6-5-26-22(31)29-21/h2-6,11-13,20H,7-10H2,1H3,(H,26,28,29). The Morgan fingerprint density at radius 1 is 1.12 bits per heavy atom. The van der Waals surface area contributed by atoms with Gasteiger partial charge >= 0.3 is 0 Å². The maximum Gasteiger partial charge on any atom is 0.266 e. The number of nitrogens with one attached hydrogen (secondary N) is 1. The van der Waals surface area contributed by atoms with Gasteiger partial charge in [-0.3, -0.25) is 4.40 Å². The quantitative estimate of drug-likeness (QED) is 0.495. The predicted octanol–water partition coefficient (Wildman–Crippen LogP) is 4.36. The van der Waals surface area contributed by atoms with Gasteiger partial charge in [-0.05, 0) is 13.0 Å². The molecular formula is C22H21F3N6O. The Bertz CT molecular complexity index is 1270. The van der Waals surface area contributed by atoms with E-state index in [1.807, 2.05) is 10.5 Å². The number of fused-ring (bicyclic) bond motifs is 3. The van der Waals surface area contributed by atoms with Gasteiger partial charge in [0.1, 0.15) is 17.5 Å². The number of nitrogens with zero attached hydrogens (tertiary/aromatic N) is 5. The molecule has 1 atom stereocenters. The lowest BCUT2D eigenvalue weighted by atomic mass is 10.0. The SMILES string of the molecule is CC(Nc1nc2nccn2c2cnc(N3CCOCC3)cc12)c1cccc(C(F)F)c1F. The van der Waals surface area contributed by atoms with Crippen molar-refractivity contribution in [2.45, 2.75) is 19.4 Å². The largest absolute Gasteiger partial charge is 0.378 e. The lowest BCUT2D eigenvalue weighted by Gasteiger charge is -2.28. The zero-order chi connectivity index (χ0) is 22.2. The third kappa shape index (κ3) is 3.60. The maximum absolute atomic E-state index is 14.7. The average molecular weight is 442 g/mol. The van der Waals surface area contributed by atoms with Crippen LogP contribution in [-0.2, 0) is 4.74 Å². The number of pyridine rings is 1. The van der Waals surface area contributed by atoms with Gasteiger partial charge in [-0.2, -0.15) is 4.98 Å². The summed E-state index contributed by atoms with van der Waals surface area (Å²) in [6, 6.07) is 5.34. The van der Waals surface area contributed by atoms with E-state index in [2.05, 4.69) is 25.2 Å². The van der Waals surface area contributed by atoms with E-state index in [4.69, 9.17) is 4.74 Å². The molecule has 3 aromatic heterocycles. The summed E-state index contributed by atoms with van der Waals surface area (Å²) in [5.41, 5.74) is 0.306. The minimum Gasteiger partial charge on any atom is -0.378 e. The van der Waals surface area contributed by atoms with Crippen molar-refractivity contribution in [3.05, 3.63) is 59.8 Å². The fourth-order valence-corrected chi connectivity index (χ4v) is 3.97. The summed E-state index contributed by atoms with van der Waals surface area (Å²) in [5.74, 6) is 0.799. The van der Waals surface area contributed by atoms with Crippen molar-refractivity contribution in [1.29, 1.82) is 0 Å². The molecule has 0 saturated carbocycles. The van der Waals surface area contributed by atoms with Crippen LogP contribution in [0.25, 0.3) is 16.7 Å². The molecule has 1 aromatic carbocycles. The number of anilines is 2. The third-order valence-electron chi connectivity index (χ3n) is 5.66. The number of benzene rings is 1. The molecule has 166 valence electrons. The van der Waals surface area contributed by atoms with Crippen LogP contribution >= 0.6 is 0 Å². The molecule has 1 aliphatic heterocycles. The molecule has 0 spiro atoms. The second kappa shape index (κ2) is 8.27. The number of aromatic nitrogens is 4. The van der Waals surface area contributed by atoms with Gasteiger partial charge in [0.25, 0.3) is 6.43 Å². The first kappa shape index (κ1) is 20.5. The molecule has 4 heterocycles. The molecule has 4 aromatic rings. The highest BCUT2D eigenvalue weighted by molar-refractivity contribution is 5.92. The topological polar surface area (TPSA) is 67.6 Å². The van der Waals surface area contributed by atoms with Crippen LogP contribution in [0.3, 0.4) is 0 Å². The summed E-state index contributed by atoms with van der Waals surface area (Å²) in [6.45, 7) is 4.41. The van der Waals surface area contributed by atoms with Gasteiger partial charge in [0.15, 0.2) is 0 Å². The molecule has 1 saturated heterocycles. The predicted molar refractivity (Wildman–Crippen MR) is 115 cm³/mol.